The summed E-state index contributed by atoms with van der Waals surface area (Å²) in [5, 5.41) is 13.6. The van der Waals surface area contributed by atoms with Crippen molar-refractivity contribution in [3.63, 3.8) is 0 Å². The lowest BCUT2D eigenvalue weighted by molar-refractivity contribution is -0.118. The molecule has 142 valence electrons. The van der Waals surface area contributed by atoms with Crippen molar-refractivity contribution in [1.29, 1.82) is 5.26 Å². The summed E-state index contributed by atoms with van der Waals surface area (Å²) in [5.41, 5.74) is 3.08. The van der Waals surface area contributed by atoms with Crippen LogP contribution < -0.4 is 10.1 Å². The minimum absolute atomic E-state index is 0.175. The molecule has 3 aromatic rings. The summed E-state index contributed by atoms with van der Waals surface area (Å²) in [6.45, 7) is 4.33. The van der Waals surface area contributed by atoms with E-state index in [2.05, 4.69) is 16.4 Å². The number of fused-ring (bicyclic) bond motifs is 1. The molecule has 0 saturated heterocycles. The Kier molecular flexibility index (Phi) is 6.13. The van der Waals surface area contributed by atoms with Gasteiger partial charge in [-0.05, 0) is 49.2 Å². The van der Waals surface area contributed by atoms with Gasteiger partial charge in [0, 0.05) is 11.8 Å². The minimum atomic E-state index is -0.906. The van der Waals surface area contributed by atoms with E-state index in [0.29, 0.717) is 28.8 Å². The van der Waals surface area contributed by atoms with Crippen LogP contribution in [0.2, 0.25) is 5.15 Å². The summed E-state index contributed by atoms with van der Waals surface area (Å²) < 4.78 is 5.52. The van der Waals surface area contributed by atoms with Crippen LogP contribution in [0.15, 0.2) is 48.5 Å². The standard InChI is InChI=1S/C22H20ClN3O2/c1-3-28-20-7-5-4-6-18(20)26-22(27)17(13-24)12-16-11-15-9-8-14(2)10-19(15)25-21(16)23/h4-11,17H,3,12H2,1-2H3,(H,26,27)/t17-/m0/s1. The van der Waals surface area contributed by atoms with Gasteiger partial charge >= 0.3 is 0 Å². The van der Waals surface area contributed by atoms with Crippen LogP contribution in [0.3, 0.4) is 0 Å². The van der Waals surface area contributed by atoms with Gasteiger partial charge in [-0.2, -0.15) is 5.26 Å². The monoisotopic (exact) mass is 393 g/mol. The van der Waals surface area contributed by atoms with Crippen LogP contribution in [-0.2, 0) is 11.2 Å². The molecule has 0 saturated carbocycles. The highest BCUT2D eigenvalue weighted by Gasteiger charge is 2.22. The first kappa shape index (κ1) is 19.7. The number of hydrogen-bond acceptors (Lipinski definition) is 4. The zero-order valence-electron chi connectivity index (χ0n) is 15.7. The topological polar surface area (TPSA) is 75.0 Å². The molecule has 6 heteroatoms. The fourth-order valence-electron chi connectivity index (χ4n) is 2.93. The number of amides is 1. The summed E-state index contributed by atoms with van der Waals surface area (Å²) in [4.78, 5) is 17.1. The van der Waals surface area contributed by atoms with Gasteiger partial charge < -0.3 is 10.1 Å². The molecule has 28 heavy (non-hydrogen) atoms. The lowest BCUT2D eigenvalue weighted by Crippen LogP contribution is -2.24. The number of pyridine rings is 1. The summed E-state index contributed by atoms with van der Waals surface area (Å²) >= 11 is 6.32. The number of nitrogens with one attached hydrogen (secondary N) is 1. The maximum atomic E-state index is 12.7. The third-order valence-electron chi connectivity index (χ3n) is 4.34. The molecule has 0 aliphatic carbocycles. The van der Waals surface area contributed by atoms with Crippen molar-refractivity contribution in [2.75, 3.05) is 11.9 Å². The molecule has 1 heterocycles. The third-order valence-corrected chi connectivity index (χ3v) is 4.67. The van der Waals surface area contributed by atoms with Gasteiger partial charge in [-0.3, -0.25) is 4.79 Å². The molecule has 0 radical (unpaired) electrons. The number of nitrogens with zero attached hydrogens (tertiary/aromatic N) is 2. The SMILES string of the molecule is CCOc1ccccc1NC(=O)[C@H](C#N)Cc1cc2ccc(C)cc2nc1Cl. The number of carbonyl (C=O) groups is 1. The first-order chi connectivity index (χ1) is 13.5. The molecule has 0 fully saturated rings. The second-order valence-electron chi connectivity index (χ2n) is 6.44. The fraction of sp³-hybridized carbons (Fsp3) is 0.227. The summed E-state index contributed by atoms with van der Waals surface area (Å²) in [6, 6.07) is 17.0. The van der Waals surface area contributed by atoms with Crippen LogP contribution in [0.1, 0.15) is 18.1 Å². The number of carbonyl (C=O) groups excluding carboxylic acids is 1. The van der Waals surface area contributed by atoms with E-state index < -0.39 is 11.8 Å². The highest BCUT2D eigenvalue weighted by molar-refractivity contribution is 6.30. The first-order valence-corrected chi connectivity index (χ1v) is 9.37. The molecule has 0 aliphatic heterocycles. The Morgan fingerprint density at radius 2 is 2.07 bits per heavy atom. The number of benzene rings is 2. The zero-order valence-corrected chi connectivity index (χ0v) is 16.5. The number of para-hydroxylation sites is 2. The van der Waals surface area contributed by atoms with E-state index in [1.165, 1.54) is 0 Å². The second kappa shape index (κ2) is 8.73. The van der Waals surface area contributed by atoms with Crippen LogP contribution in [-0.4, -0.2) is 17.5 Å². The van der Waals surface area contributed by atoms with Gasteiger partial charge in [0.15, 0.2) is 0 Å². The van der Waals surface area contributed by atoms with Gasteiger partial charge in [-0.1, -0.05) is 35.9 Å². The number of aryl methyl sites for hydroxylation is 1. The molecule has 0 aliphatic rings. The van der Waals surface area contributed by atoms with Crippen molar-refractivity contribution in [3.05, 3.63) is 64.8 Å². The summed E-state index contributed by atoms with van der Waals surface area (Å²) in [5.74, 6) is -0.748. The van der Waals surface area contributed by atoms with Crippen LogP contribution in [0.25, 0.3) is 10.9 Å². The predicted molar refractivity (Wildman–Crippen MR) is 111 cm³/mol. The average molecular weight is 394 g/mol. The van der Waals surface area contributed by atoms with E-state index in [9.17, 15) is 10.1 Å². The molecule has 3 rings (SSSR count). The molecule has 1 aromatic heterocycles. The number of anilines is 1. The van der Waals surface area contributed by atoms with Crippen LogP contribution in [0.4, 0.5) is 5.69 Å². The molecule has 0 spiro atoms. The van der Waals surface area contributed by atoms with Crippen molar-refractivity contribution in [2.45, 2.75) is 20.3 Å². The van der Waals surface area contributed by atoms with E-state index >= 15 is 0 Å². The second-order valence-corrected chi connectivity index (χ2v) is 6.80. The first-order valence-electron chi connectivity index (χ1n) is 9.00. The number of hydrogen-bond donors (Lipinski definition) is 1. The molecular formula is C22H20ClN3O2. The fourth-order valence-corrected chi connectivity index (χ4v) is 3.15. The molecule has 1 N–H and O–H groups in total. The minimum Gasteiger partial charge on any atom is -0.492 e. The normalized spacial score (nSPS) is 11.6. The third kappa shape index (κ3) is 4.41. The lowest BCUT2D eigenvalue weighted by atomic mass is 9.99. The zero-order chi connectivity index (χ0) is 20.1. The average Bonchev–Trinajstić information content (AvgIpc) is 2.68. The maximum Gasteiger partial charge on any atom is 0.242 e. The predicted octanol–water partition coefficient (Wildman–Crippen LogP) is 4.92. The molecule has 2 aromatic carbocycles. The molecular weight excluding hydrogens is 374 g/mol. The Labute approximate surface area is 168 Å². The summed E-state index contributed by atoms with van der Waals surface area (Å²) in [6.07, 6.45) is 0.175. The van der Waals surface area contributed by atoms with Crippen molar-refractivity contribution in [2.24, 2.45) is 5.92 Å². The van der Waals surface area contributed by atoms with Gasteiger partial charge in [-0.25, -0.2) is 4.98 Å². The van der Waals surface area contributed by atoms with Crippen molar-refractivity contribution < 1.29 is 9.53 Å². The largest absolute Gasteiger partial charge is 0.492 e. The van der Waals surface area contributed by atoms with Gasteiger partial charge in [0.05, 0.1) is 23.9 Å². The number of nitriles is 1. The lowest BCUT2D eigenvalue weighted by Gasteiger charge is -2.14. The van der Waals surface area contributed by atoms with E-state index in [1.54, 1.807) is 18.2 Å². The van der Waals surface area contributed by atoms with Gasteiger partial charge in [0.1, 0.15) is 16.8 Å². The van der Waals surface area contributed by atoms with E-state index in [0.717, 1.165) is 16.5 Å². The molecule has 0 unspecified atom stereocenters. The number of ether oxygens (including phenoxy) is 1. The van der Waals surface area contributed by atoms with Crippen molar-refractivity contribution in [3.8, 4) is 11.8 Å². The number of rotatable bonds is 6. The van der Waals surface area contributed by atoms with Gasteiger partial charge in [0.25, 0.3) is 0 Å². The van der Waals surface area contributed by atoms with Crippen LogP contribution in [0, 0.1) is 24.2 Å². The van der Waals surface area contributed by atoms with Crippen LogP contribution in [0.5, 0.6) is 5.75 Å². The Morgan fingerprint density at radius 3 is 2.82 bits per heavy atom. The smallest absolute Gasteiger partial charge is 0.242 e. The van der Waals surface area contributed by atoms with E-state index in [-0.39, 0.29) is 6.42 Å². The number of aromatic nitrogens is 1. The molecule has 1 atom stereocenters. The van der Waals surface area contributed by atoms with Crippen molar-refractivity contribution >= 4 is 34.1 Å². The Bertz CT molecular complexity index is 1060. The highest BCUT2D eigenvalue weighted by Crippen LogP contribution is 2.26. The Morgan fingerprint density at radius 1 is 1.29 bits per heavy atom. The molecule has 5 nitrogen and oxygen atoms in total. The number of halogens is 1. The van der Waals surface area contributed by atoms with E-state index in [1.807, 2.05) is 44.2 Å². The maximum absolute atomic E-state index is 12.7. The quantitative estimate of drug-likeness (QED) is 0.603. The molecule has 1 amide bonds. The van der Waals surface area contributed by atoms with Gasteiger partial charge in [0.2, 0.25) is 5.91 Å². The Balaban J connectivity index is 1.82. The van der Waals surface area contributed by atoms with Crippen LogP contribution >= 0.6 is 11.6 Å². The van der Waals surface area contributed by atoms with Crippen molar-refractivity contribution in [1.82, 2.24) is 4.98 Å². The highest BCUT2D eigenvalue weighted by atomic mass is 35.5. The molecule has 0 bridgehead atoms. The van der Waals surface area contributed by atoms with Gasteiger partial charge in [-0.15, -0.1) is 0 Å². The Hall–Kier alpha value is -3.10. The van der Waals surface area contributed by atoms with E-state index in [4.69, 9.17) is 16.3 Å². The summed E-state index contributed by atoms with van der Waals surface area (Å²) in [7, 11) is 0.